The van der Waals surface area contributed by atoms with Crippen LogP contribution in [0.25, 0.3) is 0 Å². The fourth-order valence-corrected chi connectivity index (χ4v) is 1.60. The first kappa shape index (κ1) is 14.0. The maximum atomic E-state index is 5.87. The molecule has 0 heterocycles. The fraction of sp³-hybridized carbons (Fsp3) is 0.571. The molecule has 0 fully saturated rings. The highest BCUT2D eigenvalue weighted by atomic mass is 14.9. The lowest BCUT2D eigenvalue weighted by Crippen LogP contribution is -2.37. The first-order chi connectivity index (χ1) is 7.99. The van der Waals surface area contributed by atoms with Crippen LogP contribution in [0.5, 0.6) is 0 Å². The van der Waals surface area contributed by atoms with Crippen LogP contribution in [-0.2, 0) is 6.54 Å². The minimum atomic E-state index is 0.212. The Labute approximate surface area is 105 Å². The highest BCUT2D eigenvalue weighted by Crippen LogP contribution is 2.09. The van der Waals surface area contributed by atoms with Gasteiger partial charge < -0.3 is 16.4 Å². The van der Waals surface area contributed by atoms with E-state index in [9.17, 15) is 0 Å². The number of hydrogen-bond donors (Lipinski definition) is 3. The summed E-state index contributed by atoms with van der Waals surface area (Å²) >= 11 is 0. The van der Waals surface area contributed by atoms with Crippen LogP contribution < -0.4 is 16.4 Å². The molecule has 0 amide bonds. The first-order valence-electron chi connectivity index (χ1n) is 6.28. The quantitative estimate of drug-likeness (QED) is 0.523. The van der Waals surface area contributed by atoms with Gasteiger partial charge in [0.25, 0.3) is 0 Å². The normalized spacial score (nSPS) is 11.7. The molecule has 0 aliphatic carbocycles. The van der Waals surface area contributed by atoms with Gasteiger partial charge in [0.05, 0.1) is 0 Å². The molecule has 1 aromatic carbocycles. The van der Waals surface area contributed by atoms with E-state index in [1.54, 1.807) is 0 Å². The number of rotatable bonds is 6. The summed E-state index contributed by atoms with van der Waals surface area (Å²) in [5.74, 6) is 0. The Morgan fingerprint density at radius 1 is 1.12 bits per heavy atom. The molecule has 0 unspecified atom stereocenters. The van der Waals surface area contributed by atoms with E-state index in [1.807, 2.05) is 18.2 Å². The zero-order valence-corrected chi connectivity index (χ0v) is 11.2. The Bertz CT molecular complexity index is 328. The minimum absolute atomic E-state index is 0.212. The second-order valence-corrected chi connectivity index (χ2v) is 5.41. The topological polar surface area (TPSA) is 50.1 Å². The molecule has 96 valence electrons. The standard InChI is InChI=1S/C14H25N3/c1-14(2,3)17-10-6-9-16-11-12-7-4-5-8-13(12)15/h4-5,7-8,16-17H,6,9-11,15H2,1-3H3. The SMILES string of the molecule is CC(C)(C)NCCCNCc1ccccc1N. The van der Waals surface area contributed by atoms with Crippen molar-refractivity contribution >= 4 is 5.69 Å². The second kappa shape index (κ2) is 6.62. The lowest BCUT2D eigenvalue weighted by Gasteiger charge is -2.20. The molecule has 4 N–H and O–H groups in total. The molecule has 0 spiro atoms. The maximum Gasteiger partial charge on any atom is 0.0359 e. The summed E-state index contributed by atoms with van der Waals surface area (Å²) in [6.07, 6.45) is 1.13. The zero-order valence-electron chi connectivity index (χ0n) is 11.2. The number of hydrogen-bond acceptors (Lipinski definition) is 3. The summed E-state index contributed by atoms with van der Waals surface area (Å²) in [4.78, 5) is 0. The molecule has 0 aromatic heterocycles. The predicted octanol–water partition coefficient (Wildman–Crippen LogP) is 2.14. The smallest absolute Gasteiger partial charge is 0.0359 e. The van der Waals surface area contributed by atoms with E-state index in [2.05, 4.69) is 37.5 Å². The molecular weight excluding hydrogens is 210 g/mol. The van der Waals surface area contributed by atoms with Crippen molar-refractivity contribution in [2.45, 2.75) is 39.3 Å². The Balaban J connectivity index is 2.11. The first-order valence-corrected chi connectivity index (χ1v) is 6.28. The van der Waals surface area contributed by atoms with Gasteiger partial charge in [0, 0.05) is 17.8 Å². The van der Waals surface area contributed by atoms with Gasteiger partial charge in [-0.25, -0.2) is 0 Å². The molecule has 0 bridgehead atoms. The number of nitrogen functional groups attached to an aromatic ring is 1. The van der Waals surface area contributed by atoms with Gasteiger partial charge in [-0.05, 0) is 51.9 Å². The monoisotopic (exact) mass is 235 g/mol. The Morgan fingerprint density at radius 3 is 2.47 bits per heavy atom. The van der Waals surface area contributed by atoms with Crippen LogP contribution in [0.3, 0.4) is 0 Å². The number of nitrogens with one attached hydrogen (secondary N) is 2. The van der Waals surface area contributed by atoms with Gasteiger partial charge in [-0.15, -0.1) is 0 Å². The Hall–Kier alpha value is -1.06. The fourth-order valence-electron chi connectivity index (χ4n) is 1.60. The molecule has 3 heteroatoms. The Morgan fingerprint density at radius 2 is 1.82 bits per heavy atom. The third-order valence-electron chi connectivity index (χ3n) is 2.56. The third kappa shape index (κ3) is 6.29. The molecule has 0 saturated heterocycles. The van der Waals surface area contributed by atoms with Crippen molar-refractivity contribution in [2.24, 2.45) is 0 Å². The molecule has 17 heavy (non-hydrogen) atoms. The van der Waals surface area contributed by atoms with Crippen molar-refractivity contribution in [2.75, 3.05) is 18.8 Å². The van der Waals surface area contributed by atoms with Gasteiger partial charge >= 0.3 is 0 Å². The molecule has 3 nitrogen and oxygen atoms in total. The molecule has 1 aromatic rings. The summed E-state index contributed by atoms with van der Waals surface area (Å²) in [6.45, 7) is 9.46. The average Bonchev–Trinajstić information content (AvgIpc) is 2.24. The van der Waals surface area contributed by atoms with E-state index in [0.29, 0.717) is 0 Å². The summed E-state index contributed by atoms with van der Waals surface area (Å²) < 4.78 is 0. The van der Waals surface area contributed by atoms with E-state index in [-0.39, 0.29) is 5.54 Å². The third-order valence-corrected chi connectivity index (χ3v) is 2.56. The largest absolute Gasteiger partial charge is 0.398 e. The molecule has 1 rings (SSSR count). The molecule has 0 aliphatic heterocycles. The number of nitrogens with two attached hydrogens (primary N) is 1. The van der Waals surface area contributed by atoms with Crippen LogP contribution in [0.15, 0.2) is 24.3 Å². The summed E-state index contributed by atoms with van der Waals surface area (Å²) in [5.41, 5.74) is 8.12. The maximum absolute atomic E-state index is 5.87. The van der Waals surface area contributed by atoms with Crippen molar-refractivity contribution in [1.82, 2.24) is 10.6 Å². The van der Waals surface area contributed by atoms with Crippen LogP contribution in [-0.4, -0.2) is 18.6 Å². The van der Waals surface area contributed by atoms with Gasteiger partial charge in [-0.2, -0.15) is 0 Å². The van der Waals surface area contributed by atoms with Crippen molar-refractivity contribution < 1.29 is 0 Å². The molecular formula is C14H25N3. The van der Waals surface area contributed by atoms with Gasteiger partial charge in [-0.3, -0.25) is 0 Å². The summed E-state index contributed by atoms with van der Waals surface area (Å²) in [6, 6.07) is 7.99. The second-order valence-electron chi connectivity index (χ2n) is 5.41. The van der Waals surface area contributed by atoms with E-state index in [1.165, 1.54) is 5.56 Å². The Kier molecular flexibility index (Phi) is 5.45. The molecule has 0 aliphatic rings. The van der Waals surface area contributed by atoms with Gasteiger partial charge in [0.2, 0.25) is 0 Å². The van der Waals surface area contributed by atoms with E-state index >= 15 is 0 Å². The summed E-state index contributed by atoms with van der Waals surface area (Å²) in [5, 5.41) is 6.88. The van der Waals surface area contributed by atoms with Crippen molar-refractivity contribution in [3.63, 3.8) is 0 Å². The van der Waals surface area contributed by atoms with E-state index in [0.717, 1.165) is 31.7 Å². The van der Waals surface area contributed by atoms with E-state index in [4.69, 9.17) is 5.73 Å². The zero-order chi connectivity index (χ0) is 12.7. The lowest BCUT2D eigenvalue weighted by molar-refractivity contribution is 0.418. The van der Waals surface area contributed by atoms with Crippen molar-refractivity contribution in [1.29, 1.82) is 0 Å². The van der Waals surface area contributed by atoms with Crippen LogP contribution in [0.4, 0.5) is 5.69 Å². The number of para-hydroxylation sites is 1. The molecule has 0 saturated carbocycles. The average molecular weight is 235 g/mol. The van der Waals surface area contributed by atoms with Gasteiger partial charge in [0.15, 0.2) is 0 Å². The van der Waals surface area contributed by atoms with Crippen LogP contribution >= 0.6 is 0 Å². The van der Waals surface area contributed by atoms with Crippen LogP contribution in [0.1, 0.15) is 32.8 Å². The highest BCUT2D eigenvalue weighted by Gasteiger charge is 2.06. The molecule has 0 radical (unpaired) electrons. The lowest BCUT2D eigenvalue weighted by atomic mass is 10.1. The van der Waals surface area contributed by atoms with E-state index < -0.39 is 0 Å². The molecule has 0 atom stereocenters. The summed E-state index contributed by atoms with van der Waals surface area (Å²) in [7, 11) is 0. The van der Waals surface area contributed by atoms with Gasteiger partial charge in [-0.1, -0.05) is 18.2 Å². The van der Waals surface area contributed by atoms with Crippen molar-refractivity contribution in [3.05, 3.63) is 29.8 Å². The van der Waals surface area contributed by atoms with Crippen LogP contribution in [0.2, 0.25) is 0 Å². The van der Waals surface area contributed by atoms with Crippen LogP contribution in [0, 0.1) is 0 Å². The highest BCUT2D eigenvalue weighted by molar-refractivity contribution is 5.46. The minimum Gasteiger partial charge on any atom is -0.398 e. The van der Waals surface area contributed by atoms with Crippen molar-refractivity contribution in [3.8, 4) is 0 Å². The van der Waals surface area contributed by atoms with Gasteiger partial charge in [0.1, 0.15) is 0 Å². The number of benzene rings is 1. The predicted molar refractivity (Wildman–Crippen MR) is 74.9 cm³/mol. The number of anilines is 1.